The molecule has 3 heterocycles. The lowest BCUT2D eigenvalue weighted by molar-refractivity contribution is -0.0889. The lowest BCUT2D eigenvalue weighted by atomic mass is 10.0. The molecule has 0 bridgehead atoms. The summed E-state index contributed by atoms with van der Waals surface area (Å²) in [6.07, 6.45) is 6.41. The van der Waals surface area contributed by atoms with Gasteiger partial charge in [-0.25, -0.2) is 0 Å². The molecule has 0 N–H and O–H groups in total. The van der Waals surface area contributed by atoms with E-state index >= 15 is 0 Å². The summed E-state index contributed by atoms with van der Waals surface area (Å²) in [6, 6.07) is 8.94. The van der Waals surface area contributed by atoms with Crippen molar-refractivity contribution in [1.82, 2.24) is 9.88 Å². The van der Waals surface area contributed by atoms with Crippen molar-refractivity contribution >= 4 is 11.3 Å². The van der Waals surface area contributed by atoms with E-state index in [2.05, 4.69) is 33.5 Å². The molecule has 2 fully saturated rings. The molecular formula is C19H24N2O2S. The maximum atomic E-state index is 6.14. The molecule has 2 aromatic heterocycles. The SMILES string of the molecule is c1cncc(COCC2CCC3C2OCCN3Cc2cccs2)c1. The van der Waals surface area contributed by atoms with E-state index < -0.39 is 0 Å². The van der Waals surface area contributed by atoms with Crippen LogP contribution in [0.4, 0.5) is 0 Å². The Labute approximate surface area is 147 Å². The number of rotatable bonds is 6. The van der Waals surface area contributed by atoms with Crippen molar-refractivity contribution in [1.29, 1.82) is 0 Å². The number of hydrogen-bond donors (Lipinski definition) is 0. The Morgan fingerprint density at radius 3 is 3.12 bits per heavy atom. The van der Waals surface area contributed by atoms with Crippen LogP contribution in [0.25, 0.3) is 0 Å². The van der Waals surface area contributed by atoms with Gasteiger partial charge in [-0.2, -0.15) is 0 Å². The normalized spacial score (nSPS) is 27.2. The van der Waals surface area contributed by atoms with Gasteiger partial charge in [0, 0.05) is 42.3 Å². The Hall–Kier alpha value is -1.27. The Morgan fingerprint density at radius 1 is 1.29 bits per heavy atom. The maximum absolute atomic E-state index is 6.14. The van der Waals surface area contributed by atoms with Crippen molar-refractivity contribution in [3.05, 3.63) is 52.5 Å². The van der Waals surface area contributed by atoms with E-state index in [1.807, 2.05) is 23.6 Å². The molecule has 2 aliphatic rings. The summed E-state index contributed by atoms with van der Waals surface area (Å²) < 4.78 is 12.1. The molecule has 4 nitrogen and oxygen atoms in total. The summed E-state index contributed by atoms with van der Waals surface area (Å²) in [6.45, 7) is 4.36. The highest BCUT2D eigenvalue weighted by atomic mass is 32.1. The van der Waals surface area contributed by atoms with Gasteiger partial charge < -0.3 is 9.47 Å². The Kier molecular flexibility index (Phi) is 5.23. The number of hydrogen-bond acceptors (Lipinski definition) is 5. The van der Waals surface area contributed by atoms with Crippen LogP contribution in [0.2, 0.25) is 0 Å². The third-order valence-corrected chi connectivity index (χ3v) is 5.96. The van der Waals surface area contributed by atoms with Gasteiger partial charge in [-0.3, -0.25) is 9.88 Å². The van der Waals surface area contributed by atoms with E-state index in [9.17, 15) is 0 Å². The standard InChI is InChI=1S/C19H24N2O2S/c1-3-15(11-20-7-1)13-22-14-16-5-6-18-19(16)23-9-8-21(18)12-17-4-2-10-24-17/h1-4,7,10-11,16,18-19H,5-6,8-9,12-14H2. The zero-order valence-electron chi connectivity index (χ0n) is 13.8. The fourth-order valence-corrected chi connectivity index (χ4v) is 4.66. The first-order chi connectivity index (χ1) is 11.9. The van der Waals surface area contributed by atoms with Gasteiger partial charge in [0.15, 0.2) is 0 Å². The van der Waals surface area contributed by atoms with Crippen molar-refractivity contribution in [3.63, 3.8) is 0 Å². The number of thiophene rings is 1. The second kappa shape index (κ2) is 7.74. The molecule has 0 amide bonds. The second-order valence-electron chi connectivity index (χ2n) is 6.67. The molecule has 3 atom stereocenters. The van der Waals surface area contributed by atoms with Crippen LogP contribution < -0.4 is 0 Å². The minimum absolute atomic E-state index is 0.326. The summed E-state index contributed by atoms with van der Waals surface area (Å²) in [4.78, 5) is 8.20. The predicted molar refractivity (Wildman–Crippen MR) is 94.9 cm³/mol. The van der Waals surface area contributed by atoms with Gasteiger partial charge >= 0.3 is 0 Å². The first kappa shape index (κ1) is 16.2. The molecule has 3 unspecified atom stereocenters. The zero-order chi connectivity index (χ0) is 16.2. The molecular weight excluding hydrogens is 320 g/mol. The number of nitrogens with zero attached hydrogens (tertiary/aromatic N) is 2. The number of pyridine rings is 1. The Bertz CT molecular complexity index is 620. The summed E-state index contributed by atoms with van der Waals surface area (Å²) in [5.74, 6) is 0.512. The van der Waals surface area contributed by atoms with Crippen molar-refractivity contribution in [2.45, 2.75) is 38.1 Å². The zero-order valence-corrected chi connectivity index (χ0v) is 14.7. The van der Waals surface area contributed by atoms with Gasteiger partial charge in [-0.15, -0.1) is 11.3 Å². The fourth-order valence-electron chi connectivity index (χ4n) is 3.93. The Balaban J connectivity index is 1.31. The highest BCUT2D eigenvalue weighted by Gasteiger charge is 2.42. The minimum Gasteiger partial charge on any atom is -0.376 e. The van der Waals surface area contributed by atoms with Gasteiger partial charge in [0.05, 0.1) is 25.9 Å². The van der Waals surface area contributed by atoms with E-state index in [1.165, 1.54) is 17.7 Å². The molecule has 1 saturated carbocycles. The molecule has 24 heavy (non-hydrogen) atoms. The molecule has 1 aliphatic heterocycles. The van der Waals surface area contributed by atoms with E-state index in [4.69, 9.17) is 9.47 Å². The first-order valence-corrected chi connectivity index (χ1v) is 9.63. The highest BCUT2D eigenvalue weighted by Crippen LogP contribution is 2.36. The Morgan fingerprint density at radius 2 is 2.29 bits per heavy atom. The summed E-state index contributed by atoms with van der Waals surface area (Å²) in [7, 11) is 0. The quantitative estimate of drug-likeness (QED) is 0.805. The number of ether oxygens (including phenoxy) is 2. The largest absolute Gasteiger partial charge is 0.376 e. The van der Waals surface area contributed by atoms with Crippen molar-refractivity contribution in [2.24, 2.45) is 5.92 Å². The predicted octanol–water partition coefficient (Wildman–Crippen LogP) is 3.34. The topological polar surface area (TPSA) is 34.6 Å². The van der Waals surface area contributed by atoms with Crippen LogP contribution in [0, 0.1) is 5.92 Å². The van der Waals surface area contributed by atoms with Crippen LogP contribution in [0.3, 0.4) is 0 Å². The summed E-state index contributed by atoms with van der Waals surface area (Å²) in [5, 5.41) is 2.16. The molecule has 128 valence electrons. The second-order valence-corrected chi connectivity index (χ2v) is 7.70. The number of morpholine rings is 1. The molecule has 5 heteroatoms. The van der Waals surface area contributed by atoms with Gasteiger partial charge in [-0.05, 0) is 35.9 Å². The minimum atomic E-state index is 0.326. The lowest BCUT2D eigenvalue weighted by Crippen LogP contribution is -2.50. The monoisotopic (exact) mass is 344 g/mol. The van der Waals surface area contributed by atoms with Crippen LogP contribution in [0.5, 0.6) is 0 Å². The van der Waals surface area contributed by atoms with E-state index in [1.54, 1.807) is 6.20 Å². The fraction of sp³-hybridized carbons (Fsp3) is 0.526. The third-order valence-electron chi connectivity index (χ3n) is 5.10. The van der Waals surface area contributed by atoms with Crippen LogP contribution in [-0.2, 0) is 22.6 Å². The molecule has 1 aliphatic carbocycles. The van der Waals surface area contributed by atoms with Gasteiger partial charge in [-0.1, -0.05) is 12.1 Å². The number of fused-ring (bicyclic) bond motifs is 1. The molecule has 0 spiro atoms. The average Bonchev–Trinajstić information content (AvgIpc) is 3.27. The lowest BCUT2D eigenvalue weighted by Gasteiger charge is -2.39. The summed E-state index contributed by atoms with van der Waals surface area (Å²) in [5.41, 5.74) is 1.14. The van der Waals surface area contributed by atoms with Crippen molar-refractivity contribution < 1.29 is 9.47 Å². The molecule has 2 aromatic rings. The van der Waals surface area contributed by atoms with Gasteiger partial charge in [0.1, 0.15) is 0 Å². The maximum Gasteiger partial charge on any atom is 0.0781 e. The van der Waals surface area contributed by atoms with E-state index in [-0.39, 0.29) is 0 Å². The van der Waals surface area contributed by atoms with Crippen LogP contribution >= 0.6 is 11.3 Å². The first-order valence-electron chi connectivity index (χ1n) is 8.75. The third kappa shape index (κ3) is 3.70. The van der Waals surface area contributed by atoms with Crippen LogP contribution in [0.15, 0.2) is 42.0 Å². The van der Waals surface area contributed by atoms with Gasteiger partial charge in [0.2, 0.25) is 0 Å². The number of aromatic nitrogens is 1. The molecule has 4 rings (SSSR count). The molecule has 0 radical (unpaired) electrons. The van der Waals surface area contributed by atoms with Crippen molar-refractivity contribution in [2.75, 3.05) is 19.8 Å². The van der Waals surface area contributed by atoms with Gasteiger partial charge in [0.25, 0.3) is 0 Å². The van der Waals surface area contributed by atoms with E-state index in [0.29, 0.717) is 24.7 Å². The smallest absolute Gasteiger partial charge is 0.0781 e. The molecule has 0 aromatic carbocycles. The molecule has 1 saturated heterocycles. The van der Waals surface area contributed by atoms with Crippen LogP contribution in [-0.4, -0.2) is 41.8 Å². The summed E-state index contributed by atoms with van der Waals surface area (Å²) >= 11 is 1.85. The van der Waals surface area contributed by atoms with E-state index in [0.717, 1.165) is 31.9 Å². The van der Waals surface area contributed by atoms with Crippen molar-refractivity contribution in [3.8, 4) is 0 Å². The highest BCUT2D eigenvalue weighted by molar-refractivity contribution is 7.09. The van der Waals surface area contributed by atoms with Crippen LogP contribution in [0.1, 0.15) is 23.3 Å². The average molecular weight is 344 g/mol.